The van der Waals surface area contributed by atoms with Gasteiger partial charge in [-0.25, -0.2) is 4.79 Å². The zero-order valence-electron chi connectivity index (χ0n) is 17.3. The van der Waals surface area contributed by atoms with Crippen LogP contribution in [0, 0.1) is 5.92 Å². The number of ether oxygens (including phenoxy) is 1. The van der Waals surface area contributed by atoms with Gasteiger partial charge in [0.1, 0.15) is 0 Å². The lowest BCUT2D eigenvalue weighted by Crippen LogP contribution is -2.51. The molecular formula is C21H14Cl4F3N3O4. The van der Waals surface area contributed by atoms with E-state index in [-0.39, 0.29) is 44.5 Å². The van der Waals surface area contributed by atoms with Crippen molar-refractivity contribution in [3.8, 4) is 0 Å². The molecule has 1 fully saturated rings. The molecule has 1 amide bonds. The summed E-state index contributed by atoms with van der Waals surface area (Å²) in [6.45, 7) is 0.453. The molecule has 2 aliphatic rings. The molecule has 0 spiro atoms. The maximum absolute atomic E-state index is 14.2. The van der Waals surface area contributed by atoms with E-state index in [1.54, 1.807) is 11.0 Å². The second-order valence-electron chi connectivity index (χ2n) is 7.89. The fourth-order valence-electron chi connectivity index (χ4n) is 3.80. The zero-order valence-corrected chi connectivity index (χ0v) is 20.4. The molecule has 186 valence electrons. The number of primary amides is 1. The van der Waals surface area contributed by atoms with Gasteiger partial charge in [-0.1, -0.05) is 57.6 Å². The number of halogens is 7. The van der Waals surface area contributed by atoms with Gasteiger partial charge in [0.2, 0.25) is 0 Å². The van der Waals surface area contributed by atoms with Crippen LogP contribution in [0.2, 0.25) is 20.1 Å². The number of esters is 1. The first kappa shape index (κ1) is 25.7. The first-order chi connectivity index (χ1) is 16.3. The fraction of sp³-hybridized carbons (Fsp3) is 0.286. The molecule has 2 N–H and O–H groups in total. The van der Waals surface area contributed by atoms with Gasteiger partial charge in [-0.3, -0.25) is 4.79 Å². The topological polar surface area (TPSA) is 94.2 Å². The molecule has 0 radical (unpaired) electrons. The number of anilines is 1. The summed E-state index contributed by atoms with van der Waals surface area (Å²) in [6.07, 6.45) is -6.71. The number of oxime groups is 1. The SMILES string of the molecule is NC(=O)OC(=O)C1CN(c2ccc(C3=NOC(c4cc(Cl)c(Cl)c(Cl)c4)(C(F)(F)F)C3)cc2Cl)C1. The molecule has 35 heavy (non-hydrogen) atoms. The molecule has 4 rings (SSSR count). The molecule has 2 heterocycles. The Morgan fingerprint density at radius 2 is 1.71 bits per heavy atom. The van der Waals surface area contributed by atoms with Crippen molar-refractivity contribution in [1.82, 2.24) is 0 Å². The van der Waals surface area contributed by atoms with Crippen LogP contribution in [0.15, 0.2) is 35.5 Å². The maximum Gasteiger partial charge on any atom is 0.435 e. The van der Waals surface area contributed by atoms with E-state index >= 15 is 0 Å². The second-order valence-corrected chi connectivity index (χ2v) is 9.49. The summed E-state index contributed by atoms with van der Waals surface area (Å²) >= 11 is 24.2. The number of nitrogens with zero attached hydrogens (tertiary/aromatic N) is 2. The summed E-state index contributed by atoms with van der Waals surface area (Å²) in [4.78, 5) is 29.2. The average molecular weight is 571 g/mol. The fourth-order valence-corrected chi connectivity index (χ4v) is 4.69. The van der Waals surface area contributed by atoms with Crippen LogP contribution in [0.3, 0.4) is 0 Å². The summed E-state index contributed by atoms with van der Waals surface area (Å²) in [5.41, 5.74) is 2.51. The number of nitrogens with two attached hydrogens (primary N) is 1. The van der Waals surface area contributed by atoms with Gasteiger partial charge in [-0.05, 0) is 24.3 Å². The van der Waals surface area contributed by atoms with Gasteiger partial charge < -0.3 is 20.2 Å². The Kier molecular flexibility index (Phi) is 6.78. The average Bonchev–Trinajstić information content (AvgIpc) is 3.18. The molecule has 2 aromatic carbocycles. The van der Waals surface area contributed by atoms with Gasteiger partial charge in [0, 0.05) is 30.6 Å². The van der Waals surface area contributed by atoms with Crippen molar-refractivity contribution in [3.05, 3.63) is 61.5 Å². The van der Waals surface area contributed by atoms with Crippen molar-refractivity contribution >= 4 is 69.9 Å². The van der Waals surface area contributed by atoms with Gasteiger partial charge in [0.05, 0.1) is 37.4 Å². The molecule has 0 bridgehead atoms. The van der Waals surface area contributed by atoms with Gasteiger partial charge in [0.15, 0.2) is 0 Å². The summed E-state index contributed by atoms with van der Waals surface area (Å²) < 4.78 is 47.0. The summed E-state index contributed by atoms with van der Waals surface area (Å²) in [5, 5.41) is 3.52. The van der Waals surface area contributed by atoms with Crippen LogP contribution in [0.5, 0.6) is 0 Å². The molecule has 14 heteroatoms. The van der Waals surface area contributed by atoms with E-state index in [9.17, 15) is 22.8 Å². The lowest BCUT2D eigenvalue weighted by molar-refractivity contribution is -0.275. The molecule has 1 unspecified atom stereocenters. The highest BCUT2D eigenvalue weighted by Gasteiger charge is 2.62. The highest BCUT2D eigenvalue weighted by atomic mass is 35.5. The van der Waals surface area contributed by atoms with Crippen LogP contribution in [-0.2, 0) is 20.0 Å². The van der Waals surface area contributed by atoms with Crippen molar-refractivity contribution in [1.29, 1.82) is 0 Å². The molecular weight excluding hydrogens is 557 g/mol. The van der Waals surface area contributed by atoms with Crippen molar-refractivity contribution in [2.45, 2.75) is 18.2 Å². The monoisotopic (exact) mass is 569 g/mol. The smallest absolute Gasteiger partial charge is 0.376 e. The van der Waals surface area contributed by atoms with Gasteiger partial charge >= 0.3 is 18.2 Å². The molecule has 0 aromatic heterocycles. The first-order valence-corrected chi connectivity index (χ1v) is 11.4. The minimum Gasteiger partial charge on any atom is -0.376 e. The van der Waals surface area contributed by atoms with Crippen LogP contribution in [0.25, 0.3) is 0 Å². The van der Waals surface area contributed by atoms with Crippen molar-refractivity contribution < 1.29 is 32.3 Å². The summed E-state index contributed by atoms with van der Waals surface area (Å²) in [6, 6.07) is 6.65. The summed E-state index contributed by atoms with van der Waals surface area (Å²) in [7, 11) is 0. The molecule has 2 aromatic rings. The minimum absolute atomic E-state index is 0.00416. The van der Waals surface area contributed by atoms with Gasteiger partial charge in [0.25, 0.3) is 5.60 Å². The van der Waals surface area contributed by atoms with Crippen LogP contribution < -0.4 is 10.6 Å². The number of carbonyl (C=O) groups excluding carboxylic acids is 2. The van der Waals surface area contributed by atoms with E-state index in [4.69, 9.17) is 57.0 Å². The third-order valence-corrected chi connectivity index (χ3v) is 7.17. The normalized spacial score (nSPS) is 20.2. The third-order valence-electron chi connectivity index (χ3n) is 5.67. The van der Waals surface area contributed by atoms with E-state index in [2.05, 4.69) is 9.89 Å². The van der Waals surface area contributed by atoms with Crippen LogP contribution >= 0.6 is 46.4 Å². The second kappa shape index (κ2) is 9.24. The van der Waals surface area contributed by atoms with Crippen LogP contribution in [-0.4, -0.2) is 37.0 Å². The highest BCUT2D eigenvalue weighted by molar-refractivity contribution is 6.48. The Balaban J connectivity index is 1.54. The van der Waals surface area contributed by atoms with E-state index in [0.29, 0.717) is 11.3 Å². The highest BCUT2D eigenvalue weighted by Crippen LogP contribution is 2.51. The molecule has 7 nitrogen and oxygen atoms in total. The summed E-state index contributed by atoms with van der Waals surface area (Å²) in [5.74, 6) is -1.30. The Hall–Kier alpha value is -2.40. The third kappa shape index (κ3) is 4.72. The predicted octanol–water partition coefficient (Wildman–Crippen LogP) is 5.94. The Labute approximate surface area is 216 Å². The van der Waals surface area contributed by atoms with Gasteiger partial charge in [-0.2, -0.15) is 13.2 Å². The van der Waals surface area contributed by atoms with Crippen LogP contribution in [0.4, 0.5) is 23.7 Å². The van der Waals surface area contributed by atoms with Crippen molar-refractivity contribution in [3.63, 3.8) is 0 Å². The number of hydrogen-bond donors (Lipinski definition) is 1. The van der Waals surface area contributed by atoms with Crippen molar-refractivity contribution in [2.24, 2.45) is 16.8 Å². The number of rotatable bonds is 4. The molecule has 1 atom stereocenters. The Bertz CT molecular complexity index is 1230. The lowest BCUT2D eigenvalue weighted by atomic mass is 9.86. The van der Waals surface area contributed by atoms with Crippen LogP contribution in [0.1, 0.15) is 17.5 Å². The molecule has 2 aliphatic heterocycles. The Morgan fingerprint density at radius 1 is 1.09 bits per heavy atom. The molecule has 0 aliphatic carbocycles. The van der Waals surface area contributed by atoms with Gasteiger partial charge in [-0.15, -0.1) is 0 Å². The van der Waals surface area contributed by atoms with E-state index in [1.807, 2.05) is 0 Å². The van der Waals surface area contributed by atoms with E-state index in [0.717, 1.165) is 12.1 Å². The van der Waals surface area contributed by atoms with Crippen molar-refractivity contribution in [2.75, 3.05) is 18.0 Å². The quantitative estimate of drug-likeness (QED) is 0.279. The predicted molar refractivity (Wildman–Crippen MR) is 124 cm³/mol. The molecule has 0 saturated carbocycles. The first-order valence-electron chi connectivity index (χ1n) is 9.85. The number of hydrogen-bond acceptors (Lipinski definition) is 6. The maximum atomic E-state index is 14.2. The lowest BCUT2D eigenvalue weighted by Gasteiger charge is -2.39. The van der Waals surface area contributed by atoms with E-state index < -0.39 is 36.2 Å². The number of carbonyl (C=O) groups is 2. The zero-order chi connectivity index (χ0) is 25.7. The standard InChI is InChI=1S/C21H14Cl4F3N3O4/c22-12-3-9(1-2-16(12)31-7-10(8-31)18(32)34-19(29)33)15-6-20(35-30-15,21(26,27)28)11-4-13(23)17(25)14(24)5-11/h1-5,10H,6-8H2,(H2,29,33). The van der Waals surface area contributed by atoms with E-state index in [1.165, 1.54) is 12.1 Å². The Morgan fingerprint density at radius 3 is 2.26 bits per heavy atom. The number of alkyl halides is 3. The largest absolute Gasteiger partial charge is 0.435 e. The minimum atomic E-state index is -4.87. The molecule has 1 saturated heterocycles. The number of amides is 1. The number of benzene rings is 2.